The molecular formula is C18H20F3N3O3. The van der Waals surface area contributed by atoms with Gasteiger partial charge in [0.15, 0.2) is 0 Å². The highest BCUT2D eigenvalue weighted by Gasteiger charge is 2.30. The number of carbonyl (C=O) groups is 1. The second-order valence-electron chi connectivity index (χ2n) is 6.26. The summed E-state index contributed by atoms with van der Waals surface area (Å²) < 4.78 is 48.8. The smallest absolute Gasteiger partial charge is 0.416 e. The Hall–Kier alpha value is -2.55. The molecule has 2 aromatic rings. The van der Waals surface area contributed by atoms with E-state index in [1.165, 1.54) is 19.1 Å². The predicted octanol–water partition coefficient (Wildman–Crippen LogP) is 2.97. The number of H-pyrrole nitrogens is 1. The van der Waals surface area contributed by atoms with Crippen LogP contribution in [0.2, 0.25) is 0 Å². The lowest BCUT2D eigenvalue weighted by Gasteiger charge is -2.31. The van der Waals surface area contributed by atoms with Crippen molar-refractivity contribution < 1.29 is 27.4 Å². The molecule has 27 heavy (non-hydrogen) atoms. The van der Waals surface area contributed by atoms with E-state index in [9.17, 15) is 18.0 Å². The van der Waals surface area contributed by atoms with Crippen LogP contribution in [0.15, 0.2) is 30.3 Å². The first-order chi connectivity index (χ1) is 12.8. The van der Waals surface area contributed by atoms with Crippen molar-refractivity contribution in [3.8, 4) is 5.75 Å². The molecule has 1 aromatic heterocycles. The van der Waals surface area contributed by atoms with E-state index in [0.29, 0.717) is 37.6 Å². The maximum atomic E-state index is 12.5. The summed E-state index contributed by atoms with van der Waals surface area (Å²) in [6.45, 7) is 3.31. The molecule has 1 aromatic carbocycles. The molecule has 6 nitrogen and oxygen atoms in total. The van der Waals surface area contributed by atoms with Gasteiger partial charge in [0.2, 0.25) is 5.91 Å². The fourth-order valence-corrected chi connectivity index (χ4v) is 2.81. The Labute approximate surface area is 154 Å². The van der Waals surface area contributed by atoms with Gasteiger partial charge >= 0.3 is 6.18 Å². The largest absolute Gasteiger partial charge is 0.493 e. The van der Waals surface area contributed by atoms with E-state index in [4.69, 9.17) is 9.47 Å². The Kier molecular flexibility index (Phi) is 5.69. The number of rotatable bonds is 5. The van der Waals surface area contributed by atoms with Crippen LogP contribution in [0.5, 0.6) is 5.75 Å². The van der Waals surface area contributed by atoms with E-state index in [-0.39, 0.29) is 18.6 Å². The summed E-state index contributed by atoms with van der Waals surface area (Å²) in [7, 11) is 0. The topological polar surface area (TPSA) is 67.5 Å². The van der Waals surface area contributed by atoms with Crippen molar-refractivity contribution >= 4 is 5.91 Å². The van der Waals surface area contributed by atoms with Gasteiger partial charge in [-0.3, -0.25) is 9.89 Å². The number of nitrogens with zero attached hydrogens (tertiary/aromatic N) is 2. The molecule has 0 aliphatic carbocycles. The van der Waals surface area contributed by atoms with Crippen molar-refractivity contribution in [1.82, 2.24) is 15.1 Å². The molecule has 1 N–H and O–H groups in total. The standard InChI is InChI=1S/C18H20F3N3O3/c1-12(25)24-7-9-27-17(11-24)16-10-14(22-23-16)6-8-26-15-4-2-13(3-5-15)18(19,20)21/h2-5,10,17H,6-9,11H2,1H3,(H,22,23). The molecule has 9 heteroatoms. The molecule has 1 unspecified atom stereocenters. The number of aromatic amines is 1. The van der Waals surface area contributed by atoms with Crippen LogP contribution in [0.4, 0.5) is 13.2 Å². The third-order valence-corrected chi connectivity index (χ3v) is 4.31. The fraction of sp³-hybridized carbons (Fsp3) is 0.444. The number of hydrogen-bond acceptors (Lipinski definition) is 4. The van der Waals surface area contributed by atoms with Gasteiger partial charge in [-0.2, -0.15) is 18.3 Å². The molecule has 1 aliphatic rings. The molecule has 146 valence electrons. The van der Waals surface area contributed by atoms with Crippen LogP contribution in [0.1, 0.15) is 30.0 Å². The van der Waals surface area contributed by atoms with Crippen LogP contribution >= 0.6 is 0 Å². The number of halogens is 3. The van der Waals surface area contributed by atoms with Gasteiger partial charge < -0.3 is 14.4 Å². The summed E-state index contributed by atoms with van der Waals surface area (Å²) in [4.78, 5) is 13.2. The molecule has 2 heterocycles. The second-order valence-corrected chi connectivity index (χ2v) is 6.26. The third-order valence-electron chi connectivity index (χ3n) is 4.31. The first-order valence-corrected chi connectivity index (χ1v) is 8.54. The minimum atomic E-state index is -4.36. The number of aromatic nitrogens is 2. The van der Waals surface area contributed by atoms with Crippen molar-refractivity contribution in [3.63, 3.8) is 0 Å². The van der Waals surface area contributed by atoms with E-state index in [1.807, 2.05) is 6.07 Å². The van der Waals surface area contributed by atoms with Crippen LogP contribution < -0.4 is 4.74 Å². The number of amides is 1. The van der Waals surface area contributed by atoms with Crippen LogP contribution in [0.3, 0.4) is 0 Å². The zero-order chi connectivity index (χ0) is 19.4. The van der Waals surface area contributed by atoms with E-state index in [1.54, 1.807) is 4.90 Å². The molecule has 1 amide bonds. The van der Waals surface area contributed by atoms with Crippen molar-refractivity contribution in [3.05, 3.63) is 47.3 Å². The molecule has 0 spiro atoms. The molecule has 1 saturated heterocycles. The number of nitrogens with one attached hydrogen (secondary N) is 1. The van der Waals surface area contributed by atoms with Crippen molar-refractivity contribution in [2.24, 2.45) is 0 Å². The third kappa shape index (κ3) is 5.00. The Morgan fingerprint density at radius 2 is 2.11 bits per heavy atom. The SMILES string of the molecule is CC(=O)N1CCOC(c2cc(CCOc3ccc(C(F)(F)F)cc3)[nH]n2)C1. The lowest BCUT2D eigenvalue weighted by Crippen LogP contribution is -2.41. The van der Waals surface area contributed by atoms with Gasteiger partial charge in [0, 0.05) is 25.6 Å². The molecule has 1 aliphatic heterocycles. The van der Waals surface area contributed by atoms with E-state index in [2.05, 4.69) is 10.2 Å². The van der Waals surface area contributed by atoms with Crippen LogP contribution in [0.25, 0.3) is 0 Å². The van der Waals surface area contributed by atoms with Gasteiger partial charge in [-0.1, -0.05) is 0 Å². The Morgan fingerprint density at radius 1 is 1.37 bits per heavy atom. The monoisotopic (exact) mass is 383 g/mol. The number of carbonyl (C=O) groups excluding carboxylic acids is 1. The zero-order valence-electron chi connectivity index (χ0n) is 14.8. The molecular weight excluding hydrogens is 363 g/mol. The molecule has 1 fully saturated rings. The predicted molar refractivity (Wildman–Crippen MR) is 90.2 cm³/mol. The zero-order valence-corrected chi connectivity index (χ0v) is 14.8. The maximum absolute atomic E-state index is 12.5. The summed E-state index contributed by atoms with van der Waals surface area (Å²) in [5, 5.41) is 7.13. The van der Waals surface area contributed by atoms with E-state index >= 15 is 0 Å². The maximum Gasteiger partial charge on any atom is 0.416 e. The van der Waals surface area contributed by atoms with Gasteiger partial charge in [-0.05, 0) is 30.3 Å². The van der Waals surface area contributed by atoms with Crippen molar-refractivity contribution in [2.45, 2.75) is 25.6 Å². The average molecular weight is 383 g/mol. The normalized spacial score (nSPS) is 17.8. The molecule has 0 saturated carbocycles. The summed E-state index contributed by atoms with van der Waals surface area (Å²) in [5.74, 6) is 0.374. The summed E-state index contributed by atoms with van der Waals surface area (Å²) in [5.41, 5.74) is 0.825. The quantitative estimate of drug-likeness (QED) is 0.862. The summed E-state index contributed by atoms with van der Waals surface area (Å²) >= 11 is 0. The van der Waals surface area contributed by atoms with Gasteiger partial charge in [-0.25, -0.2) is 0 Å². The Balaban J connectivity index is 1.50. The average Bonchev–Trinajstić information content (AvgIpc) is 3.10. The van der Waals surface area contributed by atoms with Crippen LogP contribution in [-0.2, 0) is 22.1 Å². The number of hydrogen-bond donors (Lipinski definition) is 1. The Bertz CT molecular complexity index is 774. The summed E-state index contributed by atoms with van der Waals surface area (Å²) in [6.07, 6.45) is -4.12. The Morgan fingerprint density at radius 3 is 2.78 bits per heavy atom. The number of benzene rings is 1. The minimum Gasteiger partial charge on any atom is -0.493 e. The highest BCUT2D eigenvalue weighted by Crippen LogP contribution is 2.30. The van der Waals surface area contributed by atoms with Crippen molar-refractivity contribution in [2.75, 3.05) is 26.3 Å². The number of alkyl halides is 3. The summed E-state index contributed by atoms with van der Waals surface area (Å²) in [6, 6.07) is 6.43. The van der Waals surface area contributed by atoms with Gasteiger partial charge in [0.1, 0.15) is 11.9 Å². The molecule has 1 atom stereocenters. The van der Waals surface area contributed by atoms with Crippen LogP contribution in [-0.4, -0.2) is 47.3 Å². The lowest BCUT2D eigenvalue weighted by atomic mass is 10.2. The highest BCUT2D eigenvalue weighted by atomic mass is 19.4. The molecule has 0 bridgehead atoms. The number of ether oxygens (including phenoxy) is 2. The van der Waals surface area contributed by atoms with Gasteiger partial charge in [0.05, 0.1) is 31.0 Å². The van der Waals surface area contributed by atoms with Gasteiger partial charge in [0.25, 0.3) is 0 Å². The molecule has 0 radical (unpaired) electrons. The first-order valence-electron chi connectivity index (χ1n) is 8.54. The van der Waals surface area contributed by atoms with Gasteiger partial charge in [-0.15, -0.1) is 0 Å². The van der Waals surface area contributed by atoms with Crippen LogP contribution in [0, 0.1) is 0 Å². The fourth-order valence-electron chi connectivity index (χ4n) is 2.81. The first kappa shape index (κ1) is 19.2. The molecule has 3 rings (SSSR count). The van der Waals surface area contributed by atoms with E-state index in [0.717, 1.165) is 17.8 Å². The lowest BCUT2D eigenvalue weighted by molar-refractivity contribution is -0.138. The second kappa shape index (κ2) is 7.99. The minimum absolute atomic E-state index is 0.00370. The highest BCUT2D eigenvalue weighted by molar-refractivity contribution is 5.73. The number of morpholine rings is 1. The van der Waals surface area contributed by atoms with E-state index < -0.39 is 11.7 Å². The van der Waals surface area contributed by atoms with Crippen molar-refractivity contribution in [1.29, 1.82) is 0 Å².